The van der Waals surface area contributed by atoms with Crippen molar-refractivity contribution in [2.75, 3.05) is 0 Å². The fraction of sp³-hybridized carbons (Fsp3) is 0.462. The molecule has 1 atom stereocenters. The van der Waals surface area contributed by atoms with Crippen LogP contribution in [0.3, 0.4) is 0 Å². The molecule has 2 heterocycles. The van der Waals surface area contributed by atoms with Gasteiger partial charge in [0.25, 0.3) is 5.89 Å². The number of nitrogens with one attached hydrogen (secondary N) is 1. The molecule has 0 saturated carbocycles. The average molecular weight is 279 g/mol. The summed E-state index contributed by atoms with van der Waals surface area (Å²) in [6, 6.07) is 3.30. The first-order valence-electron chi connectivity index (χ1n) is 6.38. The van der Waals surface area contributed by atoms with Crippen molar-refractivity contribution in [1.82, 2.24) is 15.1 Å². The summed E-state index contributed by atoms with van der Waals surface area (Å²) >= 11 is 0. The Hall–Kier alpha value is -2.31. The second-order valence-electron chi connectivity index (χ2n) is 4.91. The number of furan rings is 1. The third-order valence-electron chi connectivity index (χ3n) is 3.02. The van der Waals surface area contributed by atoms with Crippen LogP contribution in [-0.4, -0.2) is 21.7 Å². The second kappa shape index (κ2) is 5.77. The number of carbonyl (C=O) groups is 1. The summed E-state index contributed by atoms with van der Waals surface area (Å²) in [5, 5.41) is 6.72. The largest absolute Gasteiger partial charge is 0.459 e. The Bertz CT molecular complexity index is 624. The lowest BCUT2D eigenvalue weighted by Gasteiger charge is -2.16. The van der Waals surface area contributed by atoms with E-state index in [9.17, 15) is 9.59 Å². The number of aromatic nitrogens is 2. The van der Waals surface area contributed by atoms with Gasteiger partial charge in [-0.2, -0.15) is 4.68 Å². The SMILES string of the molecule is CC(C)C(C)NC(=O)Cn1nc(-c2ccco2)oc1=O. The van der Waals surface area contributed by atoms with Crippen LogP contribution in [0.15, 0.2) is 32.0 Å². The number of hydrogen-bond donors (Lipinski definition) is 1. The predicted molar refractivity (Wildman–Crippen MR) is 70.9 cm³/mol. The summed E-state index contributed by atoms with van der Waals surface area (Å²) < 4.78 is 11.0. The normalized spacial score (nSPS) is 12.6. The molecule has 0 radical (unpaired) electrons. The van der Waals surface area contributed by atoms with Crippen molar-refractivity contribution >= 4 is 5.91 Å². The summed E-state index contributed by atoms with van der Waals surface area (Å²) in [5.74, 6) is -0.260. The molecule has 2 rings (SSSR count). The minimum Gasteiger partial charge on any atom is -0.459 e. The lowest BCUT2D eigenvalue weighted by molar-refractivity contribution is -0.122. The highest BCUT2D eigenvalue weighted by Gasteiger charge is 2.16. The summed E-state index contributed by atoms with van der Waals surface area (Å²) in [4.78, 5) is 23.4. The maximum atomic E-state index is 11.8. The molecule has 2 aromatic rings. The van der Waals surface area contributed by atoms with Crippen LogP contribution in [0.4, 0.5) is 0 Å². The number of amides is 1. The van der Waals surface area contributed by atoms with Gasteiger partial charge < -0.3 is 14.2 Å². The second-order valence-corrected chi connectivity index (χ2v) is 4.91. The quantitative estimate of drug-likeness (QED) is 0.889. The smallest absolute Gasteiger partial charge is 0.437 e. The van der Waals surface area contributed by atoms with Gasteiger partial charge in [0.15, 0.2) is 5.76 Å². The van der Waals surface area contributed by atoms with Crippen LogP contribution in [0, 0.1) is 5.92 Å². The van der Waals surface area contributed by atoms with E-state index in [1.54, 1.807) is 12.1 Å². The molecule has 0 saturated heterocycles. The molecule has 0 aliphatic heterocycles. The zero-order valence-corrected chi connectivity index (χ0v) is 11.6. The number of rotatable bonds is 5. The van der Waals surface area contributed by atoms with Crippen molar-refractivity contribution in [3.8, 4) is 11.7 Å². The van der Waals surface area contributed by atoms with Gasteiger partial charge in [-0.1, -0.05) is 13.8 Å². The average Bonchev–Trinajstić information content (AvgIpc) is 2.99. The molecule has 0 bridgehead atoms. The van der Waals surface area contributed by atoms with Gasteiger partial charge in [0.05, 0.1) is 6.26 Å². The van der Waals surface area contributed by atoms with Crippen molar-refractivity contribution in [3.05, 3.63) is 28.9 Å². The predicted octanol–water partition coefficient (Wildman–Crippen LogP) is 1.26. The van der Waals surface area contributed by atoms with Crippen molar-refractivity contribution in [2.45, 2.75) is 33.4 Å². The van der Waals surface area contributed by atoms with E-state index in [0.29, 0.717) is 11.7 Å². The molecular formula is C13H17N3O4. The zero-order chi connectivity index (χ0) is 14.7. The molecule has 1 N–H and O–H groups in total. The summed E-state index contributed by atoms with van der Waals surface area (Å²) in [7, 11) is 0. The highest BCUT2D eigenvalue weighted by Crippen LogP contribution is 2.14. The molecule has 0 aliphatic rings. The molecule has 0 spiro atoms. The lowest BCUT2D eigenvalue weighted by Crippen LogP contribution is -2.39. The Morgan fingerprint density at radius 3 is 2.80 bits per heavy atom. The van der Waals surface area contributed by atoms with Crippen molar-refractivity contribution in [3.63, 3.8) is 0 Å². The highest BCUT2D eigenvalue weighted by molar-refractivity contribution is 5.75. The van der Waals surface area contributed by atoms with Crippen molar-refractivity contribution in [2.24, 2.45) is 5.92 Å². The molecule has 0 aliphatic carbocycles. The van der Waals surface area contributed by atoms with E-state index in [0.717, 1.165) is 4.68 Å². The first-order valence-corrected chi connectivity index (χ1v) is 6.38. The standard InChI is InChI=1S/C13H17N3O4/c1-8(2)9(3)14-11(17)7-16-13(18)20-12(15-16)10-5-4-6-19-10/h4-6,8-9H,7H2,1-3H3,(H,14,17). The summed E-state index contributed by atoms with van der Waals surface area (Å²) in [6.45, 7) is 5.73. The van der Waals surface area contributed by atoms with E-state index in [1.807, 2.05) is 20.8 Å². The minimum absolute atomic E-state index is 0.0228. The first-order chi connectivity index (χ1) is 9.47. The van der Waals surface area contributed by atoms with Gasteiger partial charge in [-0.3, -0.25) is 4.79 Å². The number of nitrogens with zero attached hydrogens (tertiary/aromatic N) is 2. The van der Waals surface area contributed by atoms with Crippen LogP contribution >= 0.6 is 0 Å². The fourth-order valence-corrected chi connectivity index (χ4v) is 1.51. The maximum absolute atomic E-state index is 11.8. The molecule has 108 valence electrons. The van der Waals surface area contributed by atoms with Gasteiger partial charge in [-0.05, 0) is 25.0 Å². The first kappa shape index (κ1) is 14.1. The van der Waals surface area contributed by atoms with Crippen LogP contribution in [-0.2, 0) is 11.3 Å². The third kappa shape index (κ3) is 3.17. The topological polar surface area (TPSA) is 90.3 Å². The number of hydrogen-bond acceptors (Lipinski definition) is 5. The Morgan fingerprint density at radius 1 is 1.45 bits per heavy atom. The van der Waals surface area contributed by atoms with E-state index in [-0.39, 0.29) is 24.4 Å². The van der Waals surface area contributed by atoms with Gasteiger partial charge in [0, 0.05) is 6.04 Å². The molecule has 0 aromatic carbocycles. The fourth-order valence-electron chi connectivity index (χ4n) is 1.51. The molecule has 7 nitrogen and oxygen atoms in total. The molecule has 7 heteroatoms. The van der Waals surface area contributed by atoms with E-state index in [4.69, 9.17) is 8.83 Å². The van der Waals surface area contributed by atoms with Crippen molar-refractivity contribution < 1.29 is 13.6 Å². The summed E-state index contributed by atoms with van der Waals surface area (Å²) in [5.41, 5.74) is 0. The Morgan fingerprint density at radius 2 is 2.20 bits per heavy atom. The Balaban J connectivity index is 2.07. The van der Waals surface area contributed by atoms with E-state index < -0.39 is 5.76 Å². The number of carbonyl (C=O) groups excluding carboxylic acids is 1. The van der Waals surface area contributed by atoms with Crippen molar-refractivity contribution in [1.29, 1.82) is 0 Å². The van der Waals surface area contributed by atoms with E-state index in [2.05, 4.69) is 10.4 Å². The van der Waals surface area contributed by atoms with Gasteiger partial charge >= 0.3 is 5.76 Å². The molecular weight excluding hydrogens is 262 g/mol. The van der Waals surface area contributed by atoms with Gasteiger partial charge in [-0.15, -0.1) is 5.10 Å². The monoisotopic (exact) mass is 279 g/mol. The lowest BCUT2D eigenvalue weighted by atomic mass is 10.1. The van der Waals surface area contributed by atoms with Crippen LogP contribution in [0.1, 0.15) is 20.8 Å². The van der Waals surface area contributed by atoms with Gasteiger partial charge in [-0.25, -0.2) is 4.79 Å². The molecule has 20 heavy (non-hydrogen) atoms. The zero-order valence-electron chi connectivity index (χ0n) is 11.6. The van der Waals surface area contributed by atoms with Crippen LogP contribution in [0.2, 0.25) is 0 Å². The molecule has 1 amide bonds. The van der Waals surface area contributed by atoms with E-state index in [1.165, 1.54) is 6.26 Å². The minimum atomic E-state index is -0.691. The molecule has 0 fully saturated rings. The third-order valence-corrected chi connectivity index (χ3v) is 3.02. The Labute approximate surface area is 115 Å². The van der Waals surface area contributed by atoms with Crippen LogP contribution in [0.25, 0.3) is 11.7 Å². The van der Waals surface area contributed by atoms with Crippen LogP contribution < -0.4 is 11.1 Å². The molecule has 2 aromatic heterocycles. The Kier molecular flexibility index (Phi) is 4.07. The van der Waals surface area contributed by atoms with E-state index >= 15 is 0 Å². The maximum Gasteiger partial charge on any atom is 0.437 e. The highest BCUT2D eigenvalue weighted by atomic mass is 16.4. The molecule has 1 unspecified atom stereocenters. The summed E-state index contributed by atoms with van der Waals surface area (Å²) in [6.07, 6.45) is 1.45. The van der Waals surface area contributed by atoms with Gasteiger partial charge in [0.2, 0.25) is 5.91 Å². The van der Waals surface area contributed by atoms with Gasteiger partial charge in [0.1, 0.15) is 6.54 Å². The van der Waals surface area contributed by atoms with Crippen LogP contribution in [0.5, 0.6) is 0 Å².